The Kier molecular flexibility index (Phi) is 3.73. The molecule has 0 radical (unpaired) electrons. The highest BCUT2D eigenvalue weighted by Gasteiger charge is 2.26. The first-order chi connectivity index (χ1) is 9.40. The number of ether oxygens (including phenoxy) is 1. The van der Waals surface area contributed by atoms with Crippen molar-refractivity contribution in [2.75, 3.05) is 6.61 Å². The number of hydrogen-bond acceptors (Lipinski definition) is 4. The van der Waals surface area contributed by atoms with Crippen molar-refractivity contribution in [1.82, 2.24) is 10.4 Å². The molecule has 4 heteroatoms. The van der Waals surface area contributed by atoms with Crippen molar-refractivity contribution >= 4 is 10.8 Å². The maximum absolute atomic E-state index is 5.88. The summed E-state index contributed by atoms with van der Waals surface area (Å²) in [5, 5.41) is 2.32. The maximum atomic E-state index is 5.88. The first-order valence-corrected chi connectivity index (χ1v) is 6.80. The molecular weight excluding hydrogens is 238 g/mol. The summed E-state index contributed by atoms with van der Waals surface area (Å²) in [4.78, 5) is 4.17. The molecule has 0 amide bonds. The highest BCUT2D eigenvalue weighted by Crippen LogP contribution is 2.30. The van der Waals surface area contributed by atoms with Crippen LogP contribution >= 0.6 is 0 Å². The summed E-state index contributed by atoms with van der Waals surface area (Å²) in [6.45, 7) is 0.829. The summed E-state index contributed by atoms with van der Waals surface area (Å²) in [7, 11) is 0. The summed E-state index contributed by atoms with van der Waals surface area (Å²) < 4.78 is 5.88. The summed E-state index contributed by atoms with van der Waals surface area (Å²) in [5.41, 5.74) is 4.12. The number of nitrogens with zero attached hydrogens (tertiary/aromatic N) is 1. The lowest BCUT2D eigenvalue weighted by Crippen LogP contribution is -2.39. The van der Waals surface area contributed by atoms with E-state index in [2.05, 4.69) is 22.5 Å². The van der Waals surface area contributed by atoms with E-state index >= 15 is 0 Å². The van der Waals surface area contributed by atoms with Crippen molar-refractivity contribution < 1.29 is 4.74 Å². The molecule has 100 valence electrons. The largest absolute Gasteiger partial charge is 0.376 e. The lowest BCUT2D eigenvalue weighted by molar-refractivity contribution is -0.00792. The van der Waals surface area contributed by atoms with E-state index in [0.29, 0.717) is 0 Å². The smallest absolute Gasteiger partial charge is 0.0782 e. The predicted octanol–water partition coefficient (Wildman–Crippen LogP) is 2.31. The third-order valence-electron chi connectivity index (χ3n) is 3.82. The van der Waals surface area contributed by atoms with Crippen LogP contribution in [0.3, 0.4) is 0 Å². The highest BCUT2D eigenvalue weighted by molar-refractivity contribution is 5.85. The monoisotopic (exact) mass is 257 g/mol. The second-order valence-electron chi connectivity index (χ2n) is 4.99. The van der Waals surface area contributed by atoms with E-state index < -0.39 is 0 Å². The number of hydrogen-bond donors (Lipinski definition) is 2. The van der Waals surface area contributed by atoms with Gasteiger partial charge < -0.3 is 4.74 Å². The molecule has 2 unspecified atom stereocenters. The Morgan fingerprint density at radius 3 is 3.05 bits per heavy atom. The van der Waals surface area contributed by atoms with Gasteiger partial charge in [-0.05, 0) is 36.3 Å². The average Bonchev–Trinajstić information content (AvgIpc) is 2.49. The van der Waals surface area contributed by atoms with Crippen LogP contribution in [0.2, 0.25) is 0 Å². The Balaban J connectivity index is 2.00. The molecule has 0 bridgehead atoms. The molecule has 3 rings (SSSR count). The van der Waals surface area contributed by atoms with Crippen LogP contribution in [0, 0.1) is 0 Å². The Labute approximate surface area is 112 Å². The van der Waals surface area contributed by atoms with Gasteiger partial charge in [-0.25, -0.2) is 0 Å². The Morgan fingerprint density at radius 2 is 2.26 bits per heavy atom. The molecule has 1 saturated heterocycles. The normalized spacial score (nSPS) is 21.4. The van der Waals surface area contributed by atoms with Gasteiger partial charge in [-0.1, -0.05) is 18.2 Å². The molecule has 1 fully saturated rings. The number of nitrogens with one attached hydrogen (secondary N) is 1. The Hall–Kier alpha value is -1.49. The van der Waals surface area contributed by atoms with E-state index in [0.717, 1.165) is 24.8 Å². The van der Waals surface area contributed by atoms with Gasteiger partial charge in [-0.2, -0.15) is 0 Å². The zero-order valence-corrected chi connectivity index (χ0v) is 10.9. The van der Waals surface area contributed by atoms with Crippen LogP contribution in [-0.2, 0) is 4.74 Å². The minimum atomic E-state index is 0.0337. The quantitative estimate of drug-likeness (QED) is 0.654. The molecule has 2 heterocycles. The molecule has 2 atom stereocenters. The van der Waals surface area contributed by atoms with Gasteiger partial charge in [0.25, 0.3) is 0 Å². The topological polar surface area (TPSA) is 60.2 Å². The fraction of sp³-hybridized carbons (Fsp3) is 0.400. The fourth-order valence-corrected chi connectivity index (χ4v) is 2.84. The van der Waals surface area contributed by atoms with E-state index in [4.69, 9.17) is 10.6 Å². The van der Waals surface area contributed by atoms with Gasteiger partial charge in [0, 0.05) is 24.4 Å². The first kappa shape index (κ1) is 12.5. The van der Waals surface area contributed by atoms with E-state index in [9.17, 15) is 0 Å². The van der Waals surface area contributed by atoms with Gasteiger partial charge in [0.1, 0.15) is 0 Å². The van der Waals surface area contributed by atoms with Crippen LogP contribution in [0.15, 0.2) is 36.7 Å². The molecule has 1 aliphatic rings. The molecular formula is C15H19N3O. The SMILES string of the molecule is NNC(c1cccc2cnccc12)C1CCCCO1. The number of rotatable bonds is 3. The second kappa shape index (κ2) is 5.65. The minimum absolute atomic E-state index is 0.0337. The molecule has 0 saturated carbocycles. The predicted molar refractivity (Wildman–Crippen MR) is 75.4 cm³/mol. The van der Waals surface area contributed by atoms with Crippen molar-refractivity contribution in [2.45, 2.75) is 31.4 Å². The number of benzene rings is 1. The maximum Gasteiger partial charge on any atom is 0.0782 e. The van der Waals surface area contributed by atoms with Gasteiger partial charge in [0.15, 0.2) is 0 Å². The summed E-state index contributed by atoms with van der Waals surface area (Å²) >= 11 is 0. The van der Waals surface area contributed by atoms with Crippen molar-refractivity contribution in [3.05, 3.63) is 42.2 Å². The van der Waals surface area contributed by atoms with Crippen molar-refractivity contribution in [3.63, 3.8) is 0 Å². The van der Waals surface area contributed by atoms with E-state index in [-0.39, 0.29) is 12.1 Å². The zero-order valence-electron chi connectivity index (χ0n) is 10.9. The summed E-state index contributed by atoms with van der Waals surface area (Å²) in [6.07, 6.45) is 7.26. The molecule has 1 aromatic carbocycles. The second-order valence-corrected chi connectivity index (χ2v) is 4.99. The molecule has 3 N–H and O–H groups in total. The number of fused-ring (bicyclic) bond motifs is 1. The molecule has 4 nitrogen and oxygen atoms in total. The number of nitrogens with two attached hydrogens (primary N) is 1. The lowest BCUT2D eigenvalue weighted by atomic mass is 9.93. The van der Waals surface area contributed by atoms with Crippen LogP contribution in [-0.4, -0.2) is 17.7 Å². The van der Waals surface area contributed by atoms with Gasteiger partial charge in [-0.3, -0.25) is 16.3 Å². The molecule has 1 aromatic heterocycles. The molecule has 19 heavy (non-hydrogen) atoms. The van der Waals surface area contributed by atoms with Crippen molar-refractivity contribution in [2.24, 2.45) is 5.84 Å². The molecule has 0 aliphatic carbocycles. The Bertz CT molecular complexity index is 547. The first-order valence-electron chi connectivity index (χ1n) is 6.80. The van der Waals surface area contributed by atoms with Crippen LogP contribution < -0.4 is 11.3 Å². The standard InChI is InChI=1S/C15H19N3O/c16-18-15(14-6-1-2-9-19-14)13-5-3-4-11-10-17-8-7-12(11)13/h3-5,7-8,10,14-15,18H,1-2,6,9,16H2. The van der Waals surface area contributed by atoms with Crippen LogP contribution in [0.1, 0.15) is 30.9 Å². The third kappa shape index (κ3) is 2.47. The number of aromatic nitrogens is 1. The van der Waals surface area contributed by atoms with Gasteiger partial charge in [0.2, 0.25) is 0 Å². The number of pyridine rings is 1. The fourth-order valence-electron chi connectivity index (χ4n) is 2.84. The third-order valence-corrected chi connectivity index (χ3v) is 3.82. The highest BCUT2D eigenvalue weighted by atomic mass is 16.5. The van der Waals surface area contributed by atoms with Crippen LogP contribution in [0.4, 0.5) is 0 Å². The van der Waals surface area contributed by atoms with Gasteiger partial charge in [0.05, 0.1) is 12.1 Å². The van der Waals surface area contributed by atoms with E-state index in [1.54, 1.807) is 0 Å². The molecule has 0 spiro atoms. The van der Waals surface area contributed by atoms with Crippen LogP contribution in [0.5, 0.6) is 0 Å². The van der Waals surface area contributed by atoms with Gasteiger partial charge in [-0.15, -0.1) is 0 Å². The van der Waals surface area contributed by atoms with Crippen molar-refractivity contribution in [1.29, 1.82) is 0 Å². The Morgan fingerprint density at radius 1 is 1.32 bits per heavy atom. The van der Waals surface area contributed by atoms with Gasteiger partial charge >= 0.3 is 0 Å². The van der Waals surface area contributed by atoms with Crippen molar-refractivity contribution in [3.8, 4) is 0 Å². The minimum Gasteiger partial charge on any atom is -0.376 e. The molecule has 1 aliphatic heterocycles. The zero-order chi connectivity index (χ0) is 13.1. The average molecular weight is 257 g/mol. The summed E-state index contributed by atoms with van der Waals surface area (Å²) in [6, 6.07) is 8.31. The number of hydrazine groups is 1. The lowest BCUT2D eigenvalue weighted by Gasteiger charge is -2.31. The van der Waals surface area contributed by atoms with E-state index in [1.165, 1.54) is 17.4 Å². The van der Waals surface area contributed by atoms with Crippen LogP contribution in [0.25, 0.3) is 10.8 Å². The van der Waals surface area contributed by atoms with E-state index in [1.807, 2.05) is 24.5 Å². The molecule has 2 aromatic rings. The summed E-state index contributed by atoms with van der Waals surface area (Å²) in [5.74, 6) is 5.78.